The van der Waals surface area contributed by atoms with Gasteiger partial charge in [0.2, 0.25) is 0 Å². The Bertz CT molecular complexity index is 2830. The van der Waals surface area contributed by atoms with E-state index in [1.165, 1.54) is 6.92 Å². The first kappa shape index (κ1) is 55.1. The van der Waals surface area contributed by atoms with Crippen molar-refractivity contribution in [2.45, 2.75) is 77.6 Å². The molecule has 6 rings (SSSR count). The van der Waals surface area contributed by atoms with E-state index in [-0.39, 0.29) is 5.97 Å². The second-order valence-electron chi connectivity index (χ2n) is 17.2. The molecular formula is C59H64N2O13. The lowest BCUT2D eigenvalue weighted by atomic mass is 10.0. The van der Waals surface area contributed by atoms with Crippen LogP contribution in [0.4, 0.5) is 11.5 Å². The first-order chi connectivity index (χ1) is 36.0. The maximum Gasteiger partial charge on any atom is 0.343 e. The summed E-state index contributed by atoms with van der Waals surface area (Å²) in [7, 11) is 1.89. The van der Waals surface area contributed by atoms with Crippen LogP contribution in [0.25, 0.3) is 21.7 Å². The Kier molecular flexibility index (Phi) is 21.9. The van der Waals surface area contributed by atoms with Gasteiger partial charge in [-0.05, 0) is 179 Å². The van der Waals surface area contributed by atoms with Crippen LogP contribution in [-0.4, -0.2) is 81.5 Å². The molecule has 1 aromatic heterocycles. The largest absolute Gasteiger partial charge is 0.494 e. The van der Waals surface area contributed by atoms with Gasteiger partial charge in [0.15, 0.2) is 0 Å². The molecule has 1 heterocycles. The Balaban J connectivity index is 1.13. The standard InChI is InChI=1S/C59H64N2O13/c1-5-55(63)71-38-15-10-9-14-36-69-47-26-20-44(21-27-47)59(66)74-50-31-33-52-51-32-30-49(73-58(65)43-18-24-46(25-19-43)68-35-13-8-7-12-34-67-42(3)62)40-53(51)57(60-54(52)41-50)61(4)45-22-28-48(29-23-45)70-37-16-11-17-39-72-56(64)6-2/h5-6,18-33,40-41H,1-2,7-17,34-39H2,3-4H3. The number of anilines is 2. The number of fused-ring (bicyclic) bond motifs is 3. The van der Waals surface area contributed by atoms with E-state index in [2.05, 4.69) is 13.2 Å². The van der Waals surface area contributed by atoms with Crippen molar-refractivity contribution in [2.75, 3.05) is 51.6 Å². The molecule has 0 saturated heterocycles. The molecule has 0 fully saturated rings. The summed E-state index contributed by atoms with van der Waals surface area (Å²) in [5, 5.41) is 2.31. The van der Waals surface area contributed by atoms with E-state index in [4.69, 9.17) is 42.9 Å². The summed E-state index contributed by atoms with van der Waals surface area (Å²) in [5.41, 5.74) is 2.07. The maximum absolute atomic E-state index is 13.5. The van der Waals surface area contributed by atoms with Gasteiger partial charge in [0, 0.05) is 48.6 Å². The highest BCUT2D eigenvalue weighted by Crippen LogP contribution is 2.38. The van der Waals surface area contributed by atoms with E-state index < -0.39 is 23.9 Å². The summed E-state index contributed by atoms with van der Waals surface area (Å²) in [6.07, 6.45) is 11.6. The van der Waals surface area contributed by atoms with E-state index in [1.807, 2.05) is 48.3 Å². The molecule has 0 unspecified atom stereocenters. The summed E-state index contributed by atoms with van der Waals surface area (Å²) in [6, 6.07) is 31.9. The van der Waals surface area contributed by atoms with Crippen molar-refractivity contribution in [3.8, 4) is 28.7 Å². The van der Waals surface area contributed by atoms with E-state index >= 15 is 0 Å². The van der Waals surface area contributed by atoms with Crippen molar-refractivity contribution in [3.63, 3.8) is 0 Å². The van der Waals surface area contributed by atoms with E-state index in [9.17, 15) is 24.0 Å². The topological polar surface area (TPSA) is 175 Å². The number of rotatable bonds is 31. The third-order valence-corrected chi connectivity index (χ3v) is 11.7. The molecular weight excluding hydrogens is 945 g/mol. The van der Waals surface area contributed by atoms with Gasteiger partial charge in [-0.15, -0.1) is 0 Å². The number of esters is 5. The third-order valence-electron chi connectivity index (χ3n) is 11.7. The molecule has 0 aliphatic heterocycles. The van der Waals surface area contributed by atoms with Crippen molar-refractivity contribution in [1.82, 2.24) is 4.98 Å². The number of carbonyl (C=O) groups is 5. The van der Waals surface area contributed by atoms with Crippen LogP contribution in [0.2, 0.25) is 0 Å². The molecule has 0 aliphatic carbocycles. The number of aromatic nitrogens is 1. The van der Waals surface area contributed by atoms with Crippen molar-refractivity contribution in [2.24, 2.45) is 0 Å². The smallest absolute Gasteiger partial charge is 0.343 e. The minimum Gasteiger partial charge on any atom is -0.494 e. The predicted octanol–water partition coefficient (Wildman–Crippen LogP) is 12.0. The number of benzene rings is 5. The molecule has 15 nitrogen and oxygen atoms in total. The van der Waals surface area contributed by atoms with Crippen LogP contribution >= 0.6 is 0 Å². The van der Waals surface area contributed by atoms with E-state index in [1.54, 1.807) is 72.8 Å². The van der Waals surface area contributed by atoms with Gasteiger partial charge in [-0.1, -0.05) is 13.2 Å². The van der Waals surface area contributed by atoms with Gasteiger partial charge in [0.05, 0.1) is 56.3 Å². The minimum atomic E-state index is -0.544. The fourth-order valence-corrected chi connectivity index (χ4v) is 7.67. The molecule has 0 saturated carbocycles. The zero-order chi connectivity index (χ0) is 52.5. The quantitative estimate of drug-likeness (QED) is 0.0100. The van der Waals surface area contributed by atoms with Crippen LogP contribution in [-0.2, 0) is 28.6 Å². The lowest BCUT2D eigenvalue weighted by Crippen LogP contribution is -2.13. The Labute approximate surface area is 432 Å². The SMILES string of the molecule is C=CC(=O)OCCCCCCOc1ccc(C(=O)Oc2ccc3c(c2)nc(N(C)c2ccc(OCCCCCOC(=O)C=C)cc2)c2cc(OC(=O)c4ccc(OCCCCCCOC(C)=O)cc4)ccc23)cc1. The lowest BCUT2D eigenvalue weighted by molar-refractivity contribution is -0.141. The Morgan fingerprint density at radius 3 is 1.31 bits per heavy atom. The summed E-state index contributed by atoms with van der Waals surface area (Å²) in [6.45, 7) is 10.9. The number of ether oxygens (including phenoxy) is 8. The minimum absolute atomic E-state index is 0.270. The van der Waals surface area contributed by atoms with Crippen LogP contribution in [0.5, 0.6) is 28.7 Å². The van der Waals surface area contributed by atoms with Crippen molar-refractivity contribution in [3.05, 3.63) is 146 Å². The first-order valence-corrected chi connectivity index (χ1v) is 25.0. The van der Waals surface area contributed by atoms with Crippen LogP contribution < -0.4 is 28.6 Å². The molecule has 0 aliphatic rings. The van der Waals surface area contributed by atoms with Crippen LogP contribution in [0.1, 0.15) is 98.3 Å². The molecule has 0 atom stereocenters. The molecule has 0 radical (unpaired) electrons. The van der Waals surface area contributed by atoms with Gasteiger partial charge < -0.3 is 42.8 Å². The molecule has 0 N–H and O–H groups in total. The Hall–Kier alpha value is -8.20. The van der Waals surface area contributed by atoms with Gasteiger partial charge in [-0.2, -0.15) is 0 Å². The molecule has 5 aromatic carbocycles. The van der Waals surface area contributed by atoms with Gasteiger partial charge in [0.25, 0.3) is 0 Å². The monoisotopic (exact) mass is 1010 g/mol. The fourth-order valence-electron chi connectivity index (χ4n) is 7.67. The van der Waals surface area contributed by atoms with E-state index in [0.29, 0.717) is 96.2 Å². The summed E-state index contributed by atoms with van der Waals surface area (Å²) in [4.78, 5) is 67.3. The highest BCUT2D eigenvalue weighted by molar-refractivity contribution is 6.11. The maximum atomic E-state index is 13.5. The molecule has 0 bridgehead atoms. The Morgan fingerprint density at radius 1 is 0.459 bits per heavy atom. The van der Waals surface area contributed by atoms with Crippen molar-refractivity contribution < 1.29 is 61.9 Å². The third kappa shape index (κ3) is 17.5. The van der Waals surface area contributed by atoms with Crippen molar-refractivity contribution in [1.29, 1.82) is 0 Å². The van der Waals surface area contributed by atoms with E-state index in [0.717, 1.165) is 99.2 Å². The second kappa shape index (κ2) is 29.3. The highest BCUT2D eigenvalue weighted by Gasteiger charge is 2.18. The number of pyridine rings is 1. The summed E-state index contributed by atoms with van der Waals surface area (Å²) >= 11 is 0. The molecule has 15 heteroatoms. The zero-order valence-electron chi connectivity index (χ0n) is 42.2. The molecule has 0 spiro atoms. The average molecular weight is 1010 g/mol. The number of nitrogens with zero attached hydrogens (tertiary/aromatic N) is 2. The number of hydrogen-bond acceptors (Lipinski definition) is 15. The average Bonchev–Trinajstić information content (AvgIpc) is 3.41. The first-order valence-electron chi connectivity index (χ1n) is 25.0. The van der Waals surface area contributed by atoms with Crippen LogP contribution in [0.3, 0.4) is 0 Å². The van der Waals surface area contributed by atoms with Gasteiger partial charge in [-0.3, -0.25) is 4.79 Å². The number of unbranched alkanes of at least 4 members (excludes halogenated alkanes) is 8. The van der Waals surface area contributed by atoms with Gasteiger partial charge in [0.1, 0.15) is 34.6 Å². The molecule has 6 aromatic rings. The van der Waals surface area contributed by atoms with Crippen LogP contribution in [0, 0.1) is 0 Å². The van der Waals surface area contributed by atoms with Crippen molar-refractivity contribution >= 4 is 63.0 Å². The predicted molar refractivity (Wildman–Crippen MR) is 283 cm³/mol. The number of carbonyl (C=O) groups excluding carboxylic acids is 5. The number of hydrogen-bond donors (Lipinski definition) is 0. The molecule has 74 heavy (non-hydrogen) atoms. The normalized spacial score (nSPS) is 10.8. The zero-order valence-corrected chi connectivity index (χ0v) is 42.2. The summed E-state index contributed by atoms with van der Waals surface area (Å²) in [5.74, 6) is 0.931. The summed E-state index contributed by atoms with van der Waals surface area (Å²) < 4.78 is 44.6. The Morgan fingerprint density at radius 2 is 0.851 bits per heavy atom. The molecule has 0 amide bonds. The fraction of sp³-hybridized carbons (Fsp3) is 0.322. The van der Waals surface area contributed by atoms with Gasteiger partial charge in [-0.25, -0.2) is 24.2 Å². The van der Waals surface area contributed by atoms with Gasteiger partial charge >= 0.3 is 29.8 Å². The molecule has 388 valence electrons. The van der Waals surface area contributed by atoms with Crippen LogP contribution in [0.15, 0.2) is 135 Å². The second-order valence-corrected chi connectivity index (χ2v) is 17.2. The lowest BCUT2D eigenvalue weighted by Gasteiger charge is -2.22. The highest BCUT2D eigenvalue weighted by atomic mass is 16.5.